The van der Waals surface area contributed by atoms with E-state index in [1.807, 2.05) is 6.07 Å². The second kappa shape index (κ2) is 5.06. The number of fused-ring (bicyclic) bond motifs is 2. The Morgan fingerprint density at radius 2 is 2.00 bits per heavy atom. The summed E-state index contributed by atoms with van der Waals surface area (Å²) in [5.74, 6) is 1.67. The highest BCUT2D eigenvalue weighted by molar-refractivity contribution is 5.80. The van der Waals surface area contributed by atoms with E-state index >= 15 is 0 Å². The van der Waals surface area contributed by atoms with Gasteiger partial charge in [-0.05, 0) is 43.9 Å². The molecule has 2 aliphatic rings. The number of rotatable bonds is 2. The third kappa shape index (κ3) is 2.16. The number of nitrogens with zero attached hydrogens (tertiary/aromatic N) is 1. The molecule has 3 nitrogen and oxygen atoms in total. The Morgan fingerprint density at radius 1 is 1.05 bits per heavy atom. The van der Waals surface area contributed by atoms with Crippen molar-refractivity contribution in [1.82, 2.24) is 4.98 Å². The van der Waals surface area contributed by atoms with Crippen LogP contribution in [0.25, 0.3) is 10.9 Å². The monoisotopic (exact) mass is 268 g/mol. The van der Waals surface area contributed by atoms with Crippen LogP contribution in [-0.4, -0.2) is 23.7 Å². The van der Waals surface area contributed by atoms with Gasteiger partial charge in [0.25, 0.3) is 0 Å². The van der Waals surface area contributed by atoms with Crippen molar-refractivity contribution in [2.75, 3.05) is 11.9 Å². The second-order valence-electron chi connectivity index (χ2n) is 5.93. The maximum atomic E-state index is 5.83. The van der Waals surface area contributed by atoms with Crippen molar-refractivity contribution in [2.45, 2.75) is 37.8 Å². The van der Waals surface area contributed by atoms with Gasteiger partial charge < -0.3 is 10.1 Å². The SMILES string of the molecule is c1ccc2nc(NC3CCCC4OCCC34)ccc2c1. The molecule has 3 heteroatoms. The van der Waals surface area contributed by atoms with Crippen molar-refractivity contribution in [3.63, 3.8) is 0 Å². The normalized spacial score (nSPS) is 29.3. The van der Waals surface area contributed by atoms with E-state index in [0.717, 1.165) is 17.9 Å². The van der Waals surface area contributed by atoms with Gasteiger partial charge in [0, 0.05) is 24.0 Å². The van der Waals surface area contributed by atoms with Gasteiger partial charge in [0.2, 0.25) is 0 Å². The minimum Gasteiger partial charge on any atom is -0.378 e. The summed E-state index contributed by atoms with van der Waals surface area (Å²) in [6.45, 7) is 0.929. The van der Waals surface area contributed by atoms with E-state index in [-0.39, 0.29) is 0 Å². The number of aromatic nitrogens is 1. The van der Waals surface area contributed by atoms with Gasteiger partial charge in [0.15, 0.2) is 0 Å². The summed E-state index contributed by atoms with van der Waals surface area (Å²) in [6, 6.07) is 13.0. The molecule has 0 amide bonds. The highest BCUT2D eigenvalue weighted by Crippen LogP contribution is 2.35. The van der Waals surface area contributed by atoms with Gasteiger partial charge in [-0.3, -0.25) is 0 Å². The Bertz CT molecular complexity index is 613. The van der Waals surface area contributed by atoms with Gasteiger partial charge in [0.1, 0.15) is 5.82 Å². The largest absolute Gasteiger partial charge is 0.378 e. The van der Waals surface area contributed by atoms with Crippen LogP contribution in [0.5, 0.6) is 0 Å². The first-order chi connectivity index (χ1) is 9.90. The quantitative estimate of drug-likeness (QED) is 0.903. The first kappa shape index (κ1) is 12.2. The van der Waals surface area contributed by atoms with E-state index in [4.69, 9.17) is 9.72 Å². The van der Waals surface area contributed by atoms with Crippen LogP contribution in [-0.2, 0) is 4.74 Å². The predicted molar refractivity (Wildman–Crippen MR) is 80.9 cm³/mol. The summed E-state index contributed by atoms with van der Waals surface area (Å²) >= 11 is 0. The molecule has 1 saturated heterocycles. The maximum Gasteiger partial charge on any atom is 0.126 e. The average molecular weight is 268 g/mol. The van der Waals surface area contributed by atoms with Crippen LogP contribution in [0.3, 0.4) is 0 Å². The number of hydrogen-bond donors (Lipinski definition) is 1. The predicted octanol–water partition coefficient (Wildman–Crippen LogP) is 3.60. The Labute approximate surface area is 119 Å². The molecule has 1 aromatic carbocycles. The second-order valence-corrected chi connectivity index (χ2v) is 5.93. The molecule has 1 N–H and O–H groups in total. The molecule has 104 valence electrons. The Hall–Kier alpha value is -1.61. The van der Waals surface area contributed by atoms with Crippen molar-refractivity contribution in [3.05, 3.63) is 36.4 Å². The van der Waals surface area contributed by atoms with E-state index in [2.05, 4.69) is 35.6 Å². The molecule has 2 heterocycles. The zero-order valence-corrected chi connectivity index (χ0v) is 11.6. The number of pyridine rings is 1. The van der Waals surface area contributed by atoms with Gasteiger partial charge in [-0.1, -0.05) is 18.2 Å². The fraction of sp³-hybridized carbons (Fsp3) is 0.471. The third-order valence-corrected chi connectivity index (χ3v) is 4.71. The average Bonchev–Trinajstić information content (AvgIpc) is 2.97. The fourth-order valence-electron chi connectivity index (χ4n) is 3.69. The lowest BCUT2D eigenvalue weighted by Crippen LogP contribution is -2.38. The van der Waals surface area contributed by atoms with Crippen LogP contribution in [0.1, 0.15) is 25.7 Å². The van der Waals surface area contributed by atoms with Crippen molar-refractivity contribution < 1.29 is 4.74 Å². The van der Waals surface area contributed by atoms with E-state index in [9.17, 15) is 0 Å². The molecular weight excluding hydrogens is 248 g/mol. The summed E-state index contributed by atoms with van der Waals surface area (Å²) in [7, 11) is 0. The summed E-state index contributed by atoms with van der Waals surface area (Å²) in [4.78, 5) is 4.73. The maximum absolute atomic E-state index is 5.83. The van der Waals surface area contributed by atoms with Crippen LogP contribution in [0.15, 0.2) is 36.4 Å². The summed E-state index contributed by atoms with van der Waals surface area (Å²) in [5, 5.41) is 4.85. The molecule has 1 aromatic heterocycles. The minimum atomic E-state index is 0.474. The number of benzene rings is 1. The lowest BCUT2D eigenvalue weighted by molar-refractivity contribution is 0.0619. The van der Waals surface area contributed by atoms with Crippen LogP contribution in [0.4, 0.5) is 5.82 Å². The molecule has 2 aromatic rings. The molecule has 20 heavy (non-hydrogen) atoms. The molecule has 3 unspecified atom stereocenters. The Kier molecular flexibility index (Phi) is 3.07. The number of ether oxygens (including phenoxy) is 1. The molecule has 1 saturated carbocycles. The van der Waals surface area contributed by atoms with Gasteiger partial charge in [-0.25, -0.2) is 4.98 Å². The fourth-order valence-corrected chi connectivity index (χ4v) is 3.69. The first-order valence-electron chi connectivity index (χ1n) is 7.64. The number of nitrogens with one attached hydrogen (secondary N) is 1. The van der Waals surface area contributed by atoms with Crippen LogP contribution in [0.2, 0.25) is 0 Å². The van der Waals surface area contributed by atoms with E-state index in [1.54, 1.807) is 0 Å². The molecule has 1 aliphatic carbocycles. The lowest BCUT2D eigenvalue weighted by atomic mass is 9.82. The van der Waals surface area contributed by atoms with Gasteiger partial charge >= 0.3 is 0 Å². The smallest absolute Gasteiger partial charge is 0.126 e. The zero-order valence-electron chi connectivity index (χ0n) is 11.6. The molecule has 0 spiro atoms. The van der Waals surface area contributed by atoms with E-state index in [1.165, 1.54) is 31.1 Å². The summed E-state index contributed by atoms with van der Waals surface area (Å²) in [6.07, 6.45) is 5.39. The van der Waals surface area contributed by atoms with E-state index < -0.39 is 0 Å². The number of para-hydroxylation sites is 1. The standard InChI is InChI=1S/C17H20N2O/c1-2-5-14-12(4-1)8-9-17(18-14)19-15-6-3-7-16-13(15)10-11-20-16/h1-2,4-5,8-9,13,15-16H,3,6-7,10-11H2,(H,18,19). The van der Waals surface area contributed by atoms with Crippen molar-refractivity contribution in [1.29, 1.82) is 0 Å². The number of hydrogen-bond acceptors (Lipinski definition) is 3. The van der Waals surface area contributed by atoms with Crippen LogP contribution in [0, 0.1) is 5.92 Å². The van der Waals surface area contributed by atoms with E-state index in [0.29, 0.717) is 18.1 Å². The van der Waals surface area contributed by atoms with Gasteiger partial charge in [-0.15, -0.1) is 0 Å². The molecule has 1 aliphatic heterocycles. The van der Waals surface area contributed by atoms with Crippen LogP contribution < -0.4 is 5.32 Å². The first-order valence-corrected chi connectivity index (χ1v) is 7.64. The van der Waals surface area contributed by atoms with Crippen LogP contribution >= 0.6 is 0 Å². The van der Waals surface area contributed by atoms with Crippen molar-refractivity contribution in [3.8, 4) is 0 Å². The number of anilines is 1. The molecule has 0 radical (unpaired) electrons. The summed E-state index contributed by atoms with van der Waals surface area (Å²) in [5.41, 5.74) is 1.06. The summed E-state index contributed by atoms with van der Waals surface area (Å²) < 4.78 is 5.83. The lowest BCUT2D eigenvalue weighted by Gasteiger charge is -2.33. The van der Waals surface area contributed by atoms with Gasteiger partial charge in [0.05, 0.1) is 11.6 Å². The molecule has 0 bridgehead atoms. The molecule has 2 fully saturated rings. The topological polar surface area (TPSA) is 34.2 Å². The molecule has 4 rings (SSSR count). The zero-order chi connectivity index (χ0) is 13.4. The Morgan fingerprint density at radius 3 is 3.00 bits per heavy atom. The highest BCUT2D eigenvalue weighted by atomic mass is 16.5. The highest BCUT2D eigenvalue weighted by Gasteiger charge is 2.37. The minimum absolute atomic E-state index is 0.474. The third-order valence-electron chi connectivity index (χ3n) is 4.71. The Balaban J connectivity index is 1.57. The molecular formula is C17H20N2O. The van der Waals surface area contributed by atoms with Crippen molar-refractivity contribution in [2.24, 2.45) is 5.92 Å². The molecule has 3 atom stereocenters. The van der Waals surface area contributed by atoms with Crippen molar-refractivity contribution >= 4 is 16.7 Å². The van der Waals surface area contributed by atoms with Gasteiger partial charge in [-0.2, -0.15) is 0 Å².